The highest BCUT2D eigenvalue weighted by Gasteiger charge is 2.52. The van der Waals surface area contributed by atoms with E-state index in [4.69, 9.17) is 30.5 Å². The number of fused-ring (bicyclic) bond motifs is 1. The van der Waals surface area contributed by atoms with Crippen LogP contribution in [0.1, 0.15) is 37.3 Å². The minimum Gasteiger partial charge on any atom is -0.459 e. The van der Waals surface area contributed by atoms with Gasteiger partial charge in [-0.1, -0.05) is 54.6 Å². The van der Waals surface area contributed by atoms with Gasteiger partial charge in [-0.25, -0.2) is 19.2 Å². The van der Waals surface area contributed by atoms with Crippen molar-refractivity contribution in [2.75, 3.05) is 6.61 Å². The van der Waals surface area contributed by atoms with Crippen molar-refractivity contribution in [1.29, 1.82) is 0 Å². The molecule has 13 nitrogen and oxygen atoms in total. The molecule has 0 aliphatic carbocycles. The van der Waals surface area contributed by atoms with Gasteiger partial charge in [0.1, 0.15) is 12.7 Å². The van der Waals surface area contributed by atoms with Crippen LogP contribution in [0.2, 0.25) is 5.28 Å². The van der Waals surface area contributed by atoms with Gasteiger partial charge in [-0.15, -0.1) is 0 Å². The number of nitrogens with zero attached hydrogens (tertiary/aromatic N) is 4. The zero-order valence-corrected chi connectivity index (χ0v) is 25.8. The Morgan fingerprint density at radius 3 is 1.77 bits per heavy atom. The molecule has 4 atom stereocenters. The summed E-state index contributed by atoms with van der Waals surface area (Å²) in [5.74, 6) is -2.26. The van der Waals surface area contributed by atoms with E-state index in [-0.39, 0.29) is 33.1 Å². The molecule has 0 amide bonds. The quantitative estimate of drug-likeness (QED) is 0.138. The Hall–Kier alpha value is -5.53. The fourth-order valence-corrected chi connectivity index (χ4v) is 5.55. The van der Waals surface area contributed by atoms with Crippen LogP contribution in [-0.2, 0) is 33.0 Å². The van der Waals surface area contributed by atoms with E-state index in [0.717, 1.165) is 9.13 Å². The molecule has 3 aromatic carbocycles. The second-order valence-electron chi connectivity index (χ2n) is 10.6. The van der Waals surface area contributed by atoms with Crippen molar-refractivity contribution in [2.45, 2.75) is 24.5 Å². The average molecular weight is 659 g/mol. The minimum absolute atomic E-state index is 0.0587. The smallest absolute Gasteiger partial charge is 0.338 e. The van der Waals surface area contributed by atoms with Crippen molar-refractivity contribution in [3.63, 3.8) is 0 Å². The number of benzene rings is 3. The molecule has 1 fully saturated rings. The molecule has 14 heteroatoms. The van der Waals surface area contributed by atoms with Gasteiger partial charge in [0.15, 0.2) is 29.6 Å². The van der Waals surface area contributed by atoms with Crippen LogP contribution in [-0.4, -0.2) is 61.5 Å². The molecule has 240 valence electrons. The Labute approximate surface area is 271 Å². The van der Waals surface area contributed by atoms with Gasteiger partial charge in [-0.2, -0.15) is 4.98 Å². The van der Waals surface area contributed by atoms with Gasteiger partial charge in [0.25, 0.3) is 5.56 Å². The first-order chi connectivity index (χ1) is 22.7. The van der Waals surface area contributed by atoms with E-state index < -0.39 is 60.3 Å². The van der Waals surface area contributed by atoms with E-state index in [1.807, 2.05) is 0 Å². The third-order valence-corrected chi connectivity index (χ3v) is 7.95. The van der Waals surface area contributed by atoms with Crippen LogP contribution in [0.3, 0.4) is 0 Å². The van der Waals surface area contributed by atoms with Gasteiger partial charge in [-0.3, -0.25) is 18.5 Å². The molecule has 6 rings (SSSR count). The largest absolute Gasteiger partial charge is 0.459 e. The van der Waals surface area contributed by atoms with Crippen LogP contribution in [0.15, 0.2) is 101 Å². The number of esters is 3. The van der Waals surface area contributed by atoms with E-state index in [1.54, 1.807) is 66.7 Å². The molecule has 2 aromatic heterocycles. The third kappa shape index (κ3) is 6.05. The molecular weight excluding hydrogens is 632 g/mol. The van der Waals surface area contributed by atoms with Gasteiger partial charge in [0.2, 0.25) is 5.28 Å². The van der Waals surface area contributed by atoms with Gasteiger partial charge < -0.3 is 18.9 Å². The highest BCUT2D eigenvalue weighted by Crippen LogP contribution is 2.38. The van der Waals surface area contributed by atoms with E-state index in [0.29, 0.717) is 0 Å². The van der Waals surface area contributed by atoms with Crippen LogP contribution >= 0.6 is 11.6 Å². The molecule has 0 radical (unpaired) electrons. The van der Waals surface area contributed by atoms with Crippen molar-refractivity contribution in [3.05, 3.63) is 134 Å². The first-order valence-electron chi connectivity index (χ1n) is 14.4. The predicted octanol–water partition coefficient (Wildman–Crippen LogP) is 3.29. The summed E-state index contributed by atoms with van der Waals surface area (Å²) in [4.78, 5) is 70.1. The molecule has 3 heterocycles. The number of carbonyl (C=O) groups is 3. The molecule has 1 aliphatic rings. The molecule has 1 aliphatic heterocycles. The first kappa shape index (κ1) is 31.5. The summed E-state index contributed by atoms with van der Waals surface area (Å²) in [6.45, 7) is -0.447. The summed E-state index contributed by atoms with van der Waals surface area (Å²) in [7, 11) is 2.70. The highest BCUT2D eigenvalue weighted by atomic mass is 35.5. The number of carbonyl (C=O) groups excluding carboxylic acids is 3. The summed E-state index contributed by atoms with van der Waals surface area (Å²) in [5, 5.41) is -0.279. The maximum absolute atomic E-state index is 13.5. The van der Waals surface area contributed by atoms with Crippen LogP contribution < -0.4 is 11.2 Å². The van der Waals surface area contributed by atoms with E-state index in [9.17, 15) is 24.0 Å². The SMILES string of the molecule is Cn1c(=O)c2c(nc(Cl)n2[C@@H]2O[C@H](COC(=O)c3ccccc3)[C@@H](OC(=O)c3ccccc3)[C@H]2OC(=O)c2ccccc2)n(C)c1=O. The molecule has 0 unspecified atom stereocenters. The number of aromatic nitrogens is 4. The standard InChI is InChI=1S/C33H27ClN4O9/c1-36-26-23(27(39)37(2)33(36)43)38(32(34)35-26)28-25(47-31(42)21-16-10-5-11-17-21)24(46-30(41)20-14-8-4-9-15-20)22(45-28)18-44-29(40)19-12-6-3-7-13-19/h3-17,22,24-25,28H,18H2,1-2H3/t22-,24-,25-,28-/m1/s1. The Bertz CT molecular complexity index is 2080. The van der Waals surface area contributed by atoms with Gasteiger partial charge >= 0.3 is 23.6 Å². The number of hydrogen-bond donors (Lipinski definition) is 0. The lowest BCUT2D eigenvalue weighted by Gasteiger charge is -2.25. The Balaban J connectivity index is 1.46. The van der Waals surface area contributed by atoms with Crippen LogP contribution in [0.4, 0.5) is 0 Å². The normalized spacial score (nSPS) is 19.0. The molecule has 47 heavy (non-hydrogen) atoms. The second kappa shape index (κ2) is 13.1. The third-order valence-electron chi connectivity index (χ3n) is 7.68. The zero-order valence-electron chi connectivity index (χ0n) is 25.0. The topological polar surface area (TPSA) is 150 Å². The first-order valence-corrected chi connectivity index (χ1v) is 14.8. The summed E-state index contributed by atoms with van der Waals surface area (Å²) in [6, 6.07) is 24.4. The fourth-order valence-electron chi connectivity index (χ4n) is 5.29. The summed E-state index contributed by atoms with van der Waals surface area (Å²) in [5.41, 5.74) is -0.964. The average Bonchev–Trinajstić information content (AvgIpc) is 3.62. The number of aryl methyl sites for hydroxylation is 1. The number of hydrogen-bond acceptors (Lipinski definition) is 10. The number of ether oxygens (including phenoxy) is 4. The lowest BCUT2D eigenvalue weighted by molar-refractivity contribution is -0.0604. The molecule has 0 bridgehead atoms. The number of imidazole rings is 1. The van der Waals surface area contributed by atoms with Gasteiger partial charge in [0, 0.05) is 14.1 Å². The predicted molar refractivity (Wildman–Crippen MR) is 167 cm³/mol. The summed E-state index contributed by atoms with van der Waals surface area (Å²) < 4.78 is 26.9. The molecule has 5 aromatic rings. The Morgan fingerprint density at radius 2 is 1.23 bits per heavy atom. The lowest BCUT2D eigenvalue weighted by atomic mass is 10.1. The lowest BCUT2D eigenvalue weighted by Crippen LogP contribution is -2.42. The van der Waals surface area contributed by atoms with Crippen LogP contribution in [0, 0.1) is 0 Å². The van der Waals surface area contributed by atoms with Crippen molar-refractivity contribution in [3.8, 4) is 0 Å². The van der Waals surface area contributed by atoms with Crippen molar-refractivity contribution < 1.29 is 33.3 Å². The van der Waals surface area contributed by atoms with E-state index in [2.05, 4.69) is 4.98 Å². The van der Waals surface area contributed by atoms with E-state index in [1.165, 1.54) is 42.9 Å². The Morgan fingerprint density at radius 1 is 0.745 bits per heavy atom. The van der Waals surface area contributed by atoms with Gasteiger partial charge in [0.05, 0.1) is 16.7 Å². The van der Waals surface area contributed by atoms with Crippen molar-refractivity contribution in [2.24, 2.45) is 14.1 Å². The number of halogens is 1. The molecule has 0 spiro atoms. The maximum Gasteiger partial charge on any atom is 0.338 e. The molecule has 0 saturated carbocycles. The zero-order chi connectivity index (χ0) is 33.2. The molecular formula is C33H27ClN4O9. The monoisotopic (exact) mass is 658 g/mol. The number of rotatable bonds is 8. The fraction of sp³-hybridized carbons (Fsp3) is 0.212. The minimum atomic E-state index is -1.45. The van der Waals surface area contributed by atoms with Gasteiger partial charge in [-0.05, 0) is 48.0 Å². The maximum atomic E-state index is 13.5. The highest BCUT2D eigenvalue weighted by molar-refractivity contribution is 6.29. The van der Waals surface area contributed by atoms with Crippen LogP contribution in [0.5, 0.6) is 0 Å². The molecule has 0 N–H and O–H groups in total. The second-order valence-corrected chi connectivity index (χ2v) is 11.0. The van der Waals surface area contributed by atoms with E-state index >= 15 is 0 Å². The van der Waals surface area contributed by atoms with Crippen molar-refractivity contribution in [1.82, 2.24) is 18.7 Å². The molecule has 1 saturated heterocycles. The summed E-state index contributed by atoms with van der Waals surface area (Å²) >= 11 is 6.59. The van der Waals surface area contributed by atoms with Crippen LogP contribution in [0.25, 0.3) is 11.2 Å². The van der Waals surface area contributed by atoms with Crippen molar-refractivity contribution >= 4 is 40.7 Å². The Kier molecular flexibility index (Phi) is 8.74. The summed E-state index contributed by atoms with van der Waals surface area (Å²) in [6.07, 6.45) is -5.49.